The fourth-order valence-electron chi connectivity index (χ4n) is 2.83. The highest BCUT2D eigenvalue weighted by atomic mass is 16.5. The van der Waals surface area contributed by atoms with Crippen LogP contribution in [0.3, 0.4) is 0 Å². The van der Waals surface area contributed by atoms with E-state index in [1.807, 2.05) is 24.3 Å². The predicted octanol–water partition coefficient (Wildman–Crippen LogP) is 2.12. The third-order valence-corrected chi connectivity index (χ3v) is 4.14. The highest BCUT2D eigenvalue weighted by molar-refractivity contribution is 6.05. The number of amides is 1. The lowest BCUT2D eigenvalue weighted by Crippen LogP contribution is -2.25. The SMILES string of the molecule is COc1nc(C#N)ccc1-c1nc2cc(C3=NNC(=O)CC3)ccc2[nH]1. The quantitative estimate of drug-likeness (QED) is 0.753. The Hall–Kier alpha value is -3.73. The van der Waals surface area contributed by atoms with Gasteiger partial charge >= 0.3 is 0 Å². The second kappa shape index (κ2) is 6.29. The van der Waals surface area contributed by atoms with Gasteiger partial charge in [-0.2, -0.15) is 10.4 Å². The Morgan fingerprint density at radius 2 is 2.08 bits per heavy atom. The zero-order chi connectivity index (χ0) is 18.1. The molecule has 3 heterocycles. The molecule has 0 fully saturated rings. The van der Waals surface area contributed by atoms with Gasteiger partial charge in [-0.25, -0.2) is 15.4 Å². The summed E-state index contributed by atoms with van der Waals surface area (Å²) in [6.07, 6.45) is 1.03. The molecule has 0 saturated carbocycles. The topological polar surface area (TPSA) is 116 Å². The molecule has 1 amide bonds. The van der Waals surface area contributed by atoms with E-state index in [1.165, 1.54) is 7.11 Å². The molecule has 1 aliphatic heterocycles. The first-order valence-electron chi connectivity index (χ1n) is 7.99. The van der Waals surface area contributed by atoms with E-state index >= 15 is 0 Å². The molecular weight excluding hydrogens is 332 g/mol. The first-order chi connectivity index (χ1) is 12.7. The number of ether oxygens (including phenoxy) is 1. The predicted molar refractivity (Wildman–Crippen MR) is 94.5 cm³/mol. The fraction of sp³-hybridized carbons (Fsp3) is 0.167. The molecule has 8 heteroatoms. The van der Waals surface area contributed by atoms with Gasteiger partial charge in [0.15, 0.2) is 0 Å². The van der Waals surface area contributed by atoms with Crippen LogP contribution in [-0.4, -0.2) is 33.7 Å². The number of hydrogen-bond donors (Lipinski definition) is 2. The molecule has 3 aromatic rings. The van der Waals surface area contributed by atoms with E-state index in [1.54, 1.807) is 12.1 Å². The molecule has 1 aromatic carbocycles. The van der Waals surface area contributed by atoms with E-state index in [4.69, 9.17) is 10.00 Å². The third-order valence-electron chi connectivity index (χ3n) is 4.14. The molecule has 0 saturated heterocycles. The van der Waals surface area contributed by atoms with Crippen molar-refractivity contribution in [3.05, 3.63) is 41.6 Å². The van der Waals surface area contributed by atoms with Crippen LogP contribution in [0.4, 0.5) is 0 Å². The van der Waals surface area contributed by atoms with Gasteiger partial charge in [0.05, 0.1) is 29.4 Å². The van der Waals surface area contributed by atoms with Crippen molar-refractivity contribution in [2.75, 3.05) is 7.11 Å². The van der Waals surface area contributed by atoms with Crippen LogP contribution < -0.4 is 10.2 Å². The molecule has 4 rings (SSSR count). The summed E-state index contributed by atoms with van der Waals surface area (Å²) in [6, 6.07) is 11.1. The third kappa shape index (κ3) is 2.75. The van der Waals surface area contributed by atoms with Crippen molar-refractivity contribution < 1.29 is 9.53 Å². The van der Waals surface area contributed by atoms with Gasteiger partial charge in [-0.15, -0.1) is 0 Å². The van der Waals surface area contributed by atoms with Crippen molar-refractivity contribution in [1.82, 2.24) is 20.4 Å². The average Bonchev–Trinajstić information content (AvgIpc) is 3.11. The molecule has 2 N–H and O–H groups in total. The Labute approximate surface area is 148 Å². The Bertz CT molecular complexity index is 1090. The number of carbonyl (C=O) groups is 1. The van der Waals surface area contributed by atoms with Crippen LogP contribution in [0.1, 0.15) is 24.1 Å². The summed E-state index contributed by atoms with van der Waals surface area (Å²) >= 11 is 0. The molecule has 0 spiro atoms. The summed E-state index contributed by atoms with van der Waals surface area (Å²) in [5, 5.41) is 13.1. The van der Waals surface area contributed by atoms with Crippen molar-refractivity contribution >= 4 is 22.7 Å². The second-order valence-electron chi connectivity index (χ2n) is 5.78. The number of H-pyrrole nitrogens is 1. The smallest absolute Gasteiger partial charge is 0.240 e. The zero-order valence-corrected chi connectivity index (χ0v) is 13.9. The molecule has 0 unspecified atom stereocenters. The van der Waals surface area contributed by atoms with Crippen LogP contribution in [0.2, 0.25) is 0 Å². The lowest BCUT2D eigenvalue weighted by atomic mass is 10.0. The first kappa shape index (κ1) is 15.8. The van der Waals surface area contributed by atoms with Gasteiger partial charge in [0, 0.05) is 18.4 Å². The number of aromatic amines is 1. The number of hydrazone groups is 1. The number of fused-ring (bicyclic) bond motifs is 1. The zero-order valence-electron chi connectivity index (χ0n) is 13.9. The number of nitrogens with zero attached hydrogens (tertiary/aromatic N) is 4. The van der Waals surface area contributed by atoms with Crippen LogP contribution in [-0.2, 0) is 4.79 Å². The summed E-state index contributed by atoms with van der Waals surface area (Å²) in [7, 11) is 1.50. The number of aromatic nitrogens is 3. The molecule has 0 bridgehead atoms. The largest absolute Gasteiger partial charge is 0.480 e. The van der Waals surface area contributed by atoms with Crippen LogP contribution in [0.5, 0.6) is 5.88 Å². The number of rotatable bonds is 3. The number of pyridine rings is 1. The maximum atomic E-state index is 11.2. The van der Waals surface area contributed by atoms with Gasteiger partial charge in [-0.1, -0.05) is 6.07 Å². The number of benzene rings is 1. The Kier molecular flexibility index (Phi) is 3.82. The summed E-state index contributed by atoms with van der Waals surface area (Å²) in [5.41, 5.74) is 6.83. The molecule has 0 aliphatic carbocycles. The van der Waals surface area contributed by atoms with Crippen LogP contribution in [0.25, 0.3) is 22.4 Å². The van der Waals surface area contributed by atoms with Crippen LogP contribution in [0, 0.1) is 11.3 Å². The maximum Gasteiger partial charge on any atom is 0.240 e. The Balaban J connectivity index is 1.75. The molecule has 1 aliphatic rings. The van der Waals surface area contributed by atoms with Gasteiger partial charge in [0.25, 0.3) is 0 Å². The van der Waals surface area contributed by atoms with Gasteiger partial charge in [-0.05, 0) is 24.3 Å². The minimum absolute atomic E-state index is 0.0719. The van der Waals surface area contributed by atoms with Gasteiger partial charge in [-0.3, -0.25) is 4.79 Å². The molecule has 8 nitrogen and oxygen atoms in total. The highest BCUT2D eigenvalue weighted by Gasteiger charge is 2.16. The van der Waals surface area contributed by atoms with E-state index in [9.17, 15) is 4.79 Å². The minimum Gasteiger partial charge on any atom is -0.480 e. The number of nitriles is 1. The second-order valence-corrected chi connectivity index (χ2v) is 5.78. The van der Waals surface area contributed by atoms with Crippen molar-refractivity contribution in [3.63, 3.8) is 0 Å². The number of imidazole rings is 1. The Morgan fingerprint density at radius 3 is 2.81 bits per heavy atom. The molecule has 2 aromatic heterocycles. The van der Waals surface area contributed by atoms with E-state index in [0.717, 1.165) is 22.3 Å². The molecule has 128 valence electrons. The van der Waals surface area contributed by atoms with Crippen molar-refractivity contribution in [2.45, 2.75) is 12.8 Å². The summed E-state index contributed by atoms with van der Waals surface area (Å²) in [6.45, 7) is 0. The summed E-state index contributed by atoms with van der Waals surface area (Å²) in [4.78, 5) is 23.3. The van der Waals surface area contributed by atoms with Gasteiger partial charge < -0.3 is 9.72 Å². The summed E-state index contributed by atoms with van der Waals surface area (Å²) < 4.78 is 5.29. The maximum absolute atomic E-state index is 11.2. The molecule has 26 heavy (non-hydrogen) atoms. The highest BCUT2D eigenvalue weighted by Crippen LogP contribution is 2.28. The van der Waals surface area contributed by atoms with Gasteiger partial charge in [0.2, 0.25) is 11.8 Å². The normalized spacial score (nSPS) is 13.8. The summed E-state index contributed by atoms with van der Waals surface area (Å²) in [5.74, 6) is 0.866. The number of hydrogen-bond acceptors (Lipinski definition) is 6. The monoisotopic (exact) mass is 346 g/mol. The van der Waals surface area contributed by atoms with E-state index < -0.39 is 0 Å². The lowest BCUT2D eigenvalue weighted by molar-refractivity contribution is -0.121. The molecular formula is C18H14N6O2. The standard InChI is InChI=1S/C18H14N6O2/c1-26-18-12(4-3-11(9-19)20-18)17-21-14-5-2-10(8-15(14)22-17)13-6-7-16(25)24-23-13/h2-5,8H,6-7H2,1H3,(H,21,22)(H,24,25). The average molecular weight is 346 g/mol. The number of nitrogens with one attached hydrogen (secondary N) is 2. The number of methoxy groups -OCH3 is 1. The van der Waals surface area contributed by atoms with E-state index in [-0.39, 0.29) is 11.6 Å². The van der Waals surface area contributed by atoms with Crippen LogP contribution in [0.15, 0.2) is 35.4 Å². The van der Waals surface area contributed by atoms with Crippen molar-refractivity contribution in [2.24, 2.45) is 5.10 Å². The van der Waals surface area contributed by atoms with E-state index in [2.05, 4.69) is 25.5 Å². The van der Waals surface area contributed by atoms with E-state index in [0.29, 0.717) is 30.1 Å². The molecule has 0 atom stereocenters. The molecule has 0 radical (unpaired) electrons. The van der Waals surface area contributed by atoms with Crippen LogP contribution >= 0.6 is 0 Å². The fourth-order valence-corrected chi connectivity index (χ4v) is 2.83. The number of carbonyl (C=O) groups excluding carboxylic acids is 1. The van der Waals surface area contributed by atoms with Gasteiger partial charge in [0.1, 0.15) is 17.6 Å². The minimum atomic E-state index is -0.0719. The lowest BCUT2D eigenvalue weighted by Gasteiger charge is -2.11. The first-order valence-corrected chi connectivity index (χ1v) is 7.99. The Morgan fingerprint density at radius 1 is 1.19 bits per heavy atom. The van der Waals surface area contributed by atoms with Crippen molar-refractivity contribution in [1.29, 1.82) is 5.26 Å². The van der Waals surface area contributed by atoms with Crippen molar-refractivity contribution in [3.8, 4) is 23.3 Å².